The van der Waals surface area contributed by atoms with Crippen molar-refractivity contribution < 1.29 is 14.3 Å². The van der Waals surface area contributed by atoms with Crippen molar-refractivity contribution in [2.45, 2.75) is 19.8 Å². The highest BCUT2D eigenvalue weighted by Gasteiger charge is 2.16. The Kier molecular flexibility index (Phi) is 6.23. The zero-order valence-corrected chi connectivity index (χ0v) is 16.3. The van der Waals surface area contributed by atoms with Gasteiger partial charge < -0.3 is 4.74 Å². The van der Waals surface area contributed by atoms with Crippen molar-refractivity contribution in [1.82, 2.24) is 20.6 Å². The van der Waals surface area contributed by atoms with Gasteiger partial charge in [0, 0.05) is 18.9 Å². The van der Waals surface area contributed by atoms with E-state index >= 15 is 0 Å². The molecule has 0 fully saturated rings. The van der Waals surface area contributed by atoms with E-state index in [0.717, 1.165) is 16.0 Å². The van der Waals surface area contributed by atoms with Crippen LogP contribution in [0.4, 0.5) is 0 Å². The van der Waals surface area contributed by atoms with Gasteiger partial charge in [0.2, 0.25) is 5.91 Å². The Labute approximate surface area is 167 Å². The van der Waals surface area contributed by atoms with E-state index in [-0.39, 0.29) is 23.6 Å². The first-order valence-electron chi connectivity index (χ1n) is 9.20. The molecule has 8 nitrogen and oxygen atoms in total. The highest BCUT2D eigenvalue weighted by atomic mass is 16.5. The van der Waals surface area contributed by atoms with Gasteiger partial charge in [0.15, 0.2) is 5.69 Å². The van der Waals surface area contributed by atoms with E-state index < -0.39 is 5.91 Å². The molecule has 1 heterocycles. The maximum atomic E-state index is 12.4. The number of aromatic nitrogens is 2. The third-order valence-corrected chi connectivity index (χ3v) is 4.32. The van der Waals surface area contributed by atoms with Gasteiger partial charge in [0.1, 0.15) is 5.75 Å². The monoisotopic (exact) mass is 394 g/mol. The molecular formula is C21H22N4O4. The Morgan fingerprint density at radius 2 is 1.72 bits per heavy atom. The third kappa shape index (κ3) is 4.98. The number of fused-ring (bicyclic) bond motifs is 1. The maximum Gasteiger partial charge on any atom is 0.290 e. The van der Waals surface area contributed by atoms with E-state index in [4.69, 9.17) is 4.74 Å². The van der Waals surface area contributed by atoms with E-state index in [0.29, 0.717) is 23.8 Å². The zero-order valence-electron chi connectivity index (χ0n) is 16.3. The number of carbonyl (C=O) groups is 2. The average Bonchev–Trinajstić information content (AvgIpc) is 2.73. The molecular weight excluding hydrogens is 372 g/mol. The van der Waals surface area contributed by atoms with Gasteiger partial charge in [-0.15, -0.1) is 0 Å². The largest absolute Gasteiger partial charge is 0.494 e. The number of nitrogens with one attached hydrogen (secondary N) is 2. The normalized spacial score (nSPS) is 10.6. The van der Waals surface area contributed by atoms with Crippen molar-refractivity contribution in [2.75, 3.05) is 6.61 Å². The highest BCUT2D eigenvalue weighted by Crippen LogP contribution is 2.13. The summed E-state index contributed by atoms with van der Waals surface area (Å²) in [6.45, 7) is 2.38. The molecule has 0 unspecified atom stereocenters. The number of rotatable bonds is 6. The number of hydrogen-bond donors (Lipinski definition) is 2. The van der Waals surface area contributed by atoms with Gasteiger partial charge in [-0.05, 0) is 31.5 Å². The Morgan fingerprint density at radius 1 is 1.03 bits per heavy atom. The fraction of sp³-hybridized carbons (Fsp3) is 0.238. The molecule has 3 rings (SSSR count). The van der Waals surface area contributed by atoms with E-state index in [9.17, 15) is 14.4 Å². The predicted molar refractivity (Wildman–Crippen MR) is 109 cm³/mol. The molecule has 1 aromatic heterocycles. The molecule has 0 spiro atoms. The van der Waals surface area contributed by atoms with E-state index in [2.05, 4.69) is 16.0 Å². The van der Waals surface area contributed by atoms with Crippen molar-refractivity contribution in [1.29, 1.82) is 0 Å². The van der Waals surface area contributed by atoms with E-state index in [1.165, 1.54) is 7.05 Å². The molecule has 0 radical (unpaired) electrons. The summed E-state index contributed by atoms with van der Waals surface area (Å²) in [4.78, 5) is 36.5. The van der Waals surface area contributed by atoms with Gasteiger partial charge >= 0.3 is 0 Å². The van der Waals surface area contributed by atoms with Crippen LogP contribution < -0.4 is 21.1 Å². The quantitative estimate of drug-likeness (QED) is 0.491. The topological polar surface area (TPSA) is 102 Å². The van der Waals surface area contributed by atoms with Crippen LogP contribution in [-0.2, 0) is 11.8 Å². The first kappa shape index (κ1) is 20.1. The highest BCUT2D eigenvalue weighted by molar-refractivity contribution is 6.05. The van der Waals surface area contributed by atoms with Gasteiger partial charge in [-0.25, -0.2) is 4.68 Å². The molecule has 0 atom stereocenters. The smallest absolute Gasteiger partial charge is 0.290 e. The van der Waals surface area contributed by atoms with Crippen molar-refractivity contribution in [3.05, 3.63) is 70.1 Å². The third-order valence-electron chi connectivity index (χ3n) is 4.32. The minimum absolute atomic E-state index is 0.0608. The number of amides is 2. The van der Waals surface area contributed by atoms with E-state index in [1.54, 1.807) is 24.3 Å². The summed E-state index contributed by atoms with van der Waals surface area (Å²) < 4.78 is 6.67. The van der Waals surface area contributed by atoms with Crippen molar-refractivity contribution in [3.63, 3.8) is 0 Å². The second kappa shape index (κ2) is 9.01. The predicted octanol–water partition coefficient (Wildman–Crippen LogP) is 1.86. The van der Waals surface area contributed by atoms with Crippen molar-refractivity contribution in [3.8, 4) is 5.75 Å². The van der Waals surface area contributed by atoms with Gasteiger partial charge in [0.25, 0.3) is 11.5 Å². The molecule has 150 valence electrons. The second-order valence-electron chi connectivity index (χ2n) is 6.59. The first-order chi connectivity index (χ1) is 14.0. The maximum absolute atomic E-state index is 12.4. The standard InChI is InChI=1S/C21H22N4O4/c1-14-9-11-15(12-10-14)29-13-5-8-18(26)22-23-20(27)19-16-6-3-4-7-17(16)21(28)25(2)24-19/h3-4,6-7,9-12H,5,8,13H2,1-2H3,(H,22,26)(H,23,27). The molecule has 29 heavy (non-hydrogen) atoms. The van der Waals surface area contributed by atoms with Gasteiger partial charge in [0.05, 0.1) is 12.0 Å². The van der Waals surface area contributed by atoms with Crippen LogP contribution in [0.15, 0.2) is 53.3 Å². The molecule has 0 aliphatic carbocycles. The van der Waals surface area contributed by atoms with Crippen LogP contribution in [0.2, 0.25) is 0 Å². The fourth-order valence-corrected chi connectivity index (χ4v) is 2.77. The number of benzene rings is 2. The Bertz CT molecular complexity index is 1090. The summed E-state index contributed by atoms with van der Waals surface area (Å²) >= 11 is 0. The molecule has 0 saturated carbocycles. The summed E-state index contributed by atoms with van der Waals surface area (Å²) in [5.41, 5.74) is 5.62. The summed E-state index contributed by atoms with van der Waals surface area (Å²) in [6.07, 6.45) is 0.685. The Balaban J connectivity index is 1.51. The minimum Gasteiger partial charge on any atom is -0.494 e. The number of ether oxygens (including phenoxy) is 1. The summed E-state index contributed by atoms with van der Waals surface area (Å²) in [5.74, 6) is -0.196. The van der Waals surface area contributed by atoms with Gasteiger partial charge in [-0.2, -0.15) is 5.10 Å². The van der Waals surface area contributed by atoms with Crippen LogP contribution in [0, 0.1) is 6.92 Å². The van der Waals surface area contributed by atoms with Gasteiger partial charge in [-0.1, -0.05) is 35.9 Å². The molecule has 0 saturated heterocycles. The number of carbonyl (C=O) groups excluding carboxylic acids is 2. The lowest BCUT2D eigenvalue weighted by molar-refractivity contribution is -0.122. The lowest BCUT2D eigenvalue weighted by Crippen LogP contribution is -2.42. The van der Waals surface area contributed by atoms with Crippen LogP contribution in [0.5, 0.6) is 5.75 Å². The van der Waals surface area contributed by atoms with Crippen LogP contribution in [0.1, 0.15) is 28.9 Å². The first-order valence-corrected chi connectivity index (χ1v) is 9.20. The molecule has 0 aliphatic rings. The molecule has 2 amide bonds. The van der Waals surface area contributed by atoms with Crippen LogP contribution >= 0.6 is 0 Å². The van der Waals surface area contributed by atoms with Crippen LogP contribution in [0.3, 0.4) is 0 Å². The van der Waals surface area contributed by atoms with E-state index in [1.807, 2.05) is 31.2 Å². The Hall–Kier alpha value is -3.68. The number of aryl methyl sites for hydroxylation is 2. The second-order valence-corrected chi connectivity index (χ2v) is 6.59. The molecule has 0 aliphatic heterocycles. The average molecular weight is 394 g/mol. The number of hydrogen-bond acceptors (Lipinski definition) is 5. The molecule has 3 aromatic rings. The summed E-state index contributed by atoms with van der Waals surface area (Å²) in [6, 6.07) is 14.4. The van der Waals surface area contributed by atoms with Crippen LogP contribution in [-0.4, -0.2) is 28.2 Å². The lowest BCUT2D eigenvalue weighted by atomic mass is 10.1. The van der Waals surface area contributed by atoms with Crippen molar-refractivity contribution in [2.24, 2.45) is 7.05 Å². The summed E-state index contributed by atoms with van der Waals surface area (Å²) in [5, 5.41) is 4.82. The molecule has 2 aromatic carbocycles. The molecule has 2 N–H and O–H groups in total. The number of nitrogens with zero attached hydrogens (tertiary/aromatic N) is 2. The minimum atomic E-state index is -0.596. The summed E-state index contributed by atoms with van der Waals surface area (Å²) in [7, 11) is 1.47. The number of hydrazine groups is 1. The Morgan fingerprint density at radius 3 is 2.45 bits per heavy atom. The lowest BCUT2D eigenvalue weighted by Gasteiger charge is -2.10. The van der Waals surface area contributed by atoms with Crippen LogP contribution in [0.25, 0.3) is 10.8 Å². The fourth-order valence-electron chi connectivity index (χ4n) is 2.77. The molecule has 8 heteroatoms. The van der Waals surface area contributed by atoms with Crippen molar-refractivity contribution >= 4 is 22.6 Å². The SMILES string of the molecule is Cc1ccc(OCCCC(=O)NNC(=O)c2nn(C)c(=O)c3ccccc23)cc1. The zero-order chi connectivity index (χ0) is 20.8. The van der Waals surface area contributed by atoms with Gasteiger partial charge in [-0.3, -0.25) is 25.2 Å². The molecule has 0 bridgehead atoms.